The number of alkyl halides is 3. The van der Waals surface area contributed by atoms with Crippen molar-refractivity contribution in [3.63, 3.8) is 0 Å². The van der Waals surface area contributed by atoms with Gasteiger partial charge in [-0.15, -0.1) is 0 Å². The Labute approximate surface area is 239 Å². The van der Waals surface area contributed by atoms with Crippen molar-refractivity contribution in [2.75, 3.05) is 26.1 Å². The Hall–Kier alpha value is -3.97. The monoisotopic (exact) mass is 576 g/mol. The van der Waals surface area contributed by atoms with Crippen LogP contribution in [0.5, 0.6) is 0 Å². The van der Waals surface area contributed by atoms with Gasteiger partial charge >= 0.3 is 17.9 Å². The lowest BCUT2D eigenvalue weighted by molar-refractivity contribution is -0.162. The summed E-state index contributed by atoms with van der Waals surface area (Å²) in [6.07, 6.45) is -15.4. The summed E-state index contributed by atoms with van der Waals surface area (Å²) >= 11 is 0. The molecule has 2 atom stereocenters. The number of carbonyl (C=O) groups is 2. The fourth-order valence-electron chi connectivity index (χ4n) is 4.39. The van der Waals surface area contributed by atoms with Crippen molar-refractivity contribution in [2.45, 2.75) is 49.7 Å². The average Bonchev–Trinajstić information content (AvgIpc) is 3.25. The van der Waals surface area contributed by atoms with Crippen molar-refractivity contribution in [1.82, 2.24) is 29.7 Å². The van der Waals surface area contributed by atoms with Crippen LogP contribution in [0.15, 0.2) is 41.3 Å². The number of amides is 3. The number of nitrogens with one attached hydrogen (secondary N) is 2. The average molecular weight is 577 g/mol. The van der Waals surface area contributed by atoms with Crippen LogP contribution in [0, 0.1) is 11.6 Å². The van der Waals surface area contributed by atoms with Crippen LogP contribution in [-0.2, 0) is 4.79 Å². The molecule has 1 aromatic carbocycles. The number of nitrogens with zero attached hydrogens (tertiary/aromatic N) is 4. The highest BCUT2D eigenvalue weighted by Gasteiger charge is 2.40. The third kappa shape index (κ3) is 5.65. The Balaban J connectivity index is 1.57. The van der Waals surface area contributed by atoms with Crippen molar-refractivity contribution in [3.8, 4) is 0 Å². The summed E-state index contributed by atoms with van der Waals surface area (Å²) < 4.78 is 156. The standard InChI is InChI=1S/C26H27F5N6O3/c27-18-4-1-3-17(21(18)28)15-6-7-19(23(38)36(13-15)14-26(29,30)31)33-24(39)35-11-8-16(9-12-35)37-20-5-2-10-32-22(20)34-25(37)40/h1-5,10,15-16,19H,6-9,11-14H2,(H,33,39)(H,32,34,40)/t15-,19-/m1/s1/i6D2,8D2,9D2,11D2,12D2. The van der Waals surface area contributed by atoms with Gasteiger partial charge in [0, 0.05) is 51.4 Å². The normalized spacial score (nSPS) is 31.1. The molecule has 0 spiro atoms. The summed E-state index contributed by atoms with van der Waals surface area (Å²) in [5.41, 5.74) is -2.38. The highest BCUT2D eigenvalue weighted by atomic mass is 19.4. The van der Waals surface area contributed by atoms with E-state index in [0.717, 1.165) is 12.1 Å². The maximum Gasteiger partial charge on any atom is 0.406 e. The van der Waals surface area contributed by atoms with Crippen molar-refractivity contribution in [1.29, 1.82) is 0 Å². The minimum Gasteiger partial charge on any atom is -0.331 e. The molecule has 3 aromatic rings. The van der Waals surface area contributed by atoms with E-state index in [0.29, 0.717) is 10.6 Å². The molecular weight excluding hydrogens is 539 g/mol. The number of imidazole rings is 1. The molecular formula is C26H27F5N6O3. The van der Waals surface area contributed by atoms with E-state index in [-0.39, 0.29) is 16.1 Å². The first-order valence-corrected chi connectivity index (χ1v) is 11.7. The lowest BCUT2D eigenvalue weighted by atomic mass is 9.93. The Bertz CT molecular complexity index is 1880. The first-order valence-electron chi connectivity index (χ1n) is 16.7. The number of halogens is 5. The third-order valence-corrected chi connectivity index (χ3v) is 6.18. The summed E-state index contributed by atoms with van der Waals surface area (Å²) in [5.74, 6) is -6.67. The van der Waals surface area contributed by atoms with Crippen LogP contribution in [0.2, 0.25) is 0 Å². The van der Waals surface area contributed by atoms with Gasteiger partial charge in [-0.3, -0.25) is 14.3 Å². The fourth-order valence-corrected chi connectivity index (χ4v) is 4.39. The molecule has 4 heterocycles. The largest absolute Gasteiger partial charge is 0.406 e. The second-order valence-electron chi connectivity index (χ2n) is 8.86. The van der Waals surface area contributed by atoms with Crippen LogP contribution in [0.25, 0.3) is 11.2 Å². The highest BCUT2D eigenvalue weighted by Crippen LogP contribution is 2.32. The van der Waals surface area contributed by atoms with E-state index in [2.05, 4.69) is 9.97 Å². The molecule has 2 saturated heterocycles. The molecule has 9 nitrogen and oxygen atoms in total. The number of likely N-dealkylation sites (tertiary alicyclic amines) is 2. The summed E-state index contributed by atoms with van der Waals surface area (Å²) in [7, 11) is 0. The summed E-state index contributed by atoms with van der Waals surface area (Å²) in [4.78, 5) is 45.7. The SMILES string of the molecule is [2H]C1([2H])C[C@@H](NC(=O)N2C([2H])([2H])C([2H])([2H])C(n3c(=O)[nH]c4ncccc43)C([2H])([2H])C2([2H])[2H])C(=O)N(CC(F)(F)F)C[C@@H]1c1cccc(F)c1F. The molecule has 2 aliphatic heterocycles. The number of hydrogen-bond acceptors (Lipinski definition) is 4. The Kier molecular flexibility index (Phi) is 4.81. The molecule has 2 N–H and O–H groups in total. The Morgan fingerprint density at radius 3 is 2.60 bits per heavy atom. The van der Waals surface area contributed by atoms with Crippen molar-refractivity contribution < 1.29 is 45.2 Å². The number of aromatic nitrogens is 3. The first kappa shape index (κ1) is 17.7. The lowest BCUT2D eigenvalue weighted by Gasteiger charge is -2.34. The molecule has 0 unspecified atom stereocenters. The van der Waals surface area contributed by atoms with Gasteiger partial charge in [0.2, 0.25) is 5.91 Å². The summed E-state index contributed by atoms with van der Waals surface area (Å²) in [5, 5.41) is 1.75. The molecule has 14 heteroatoms. The summed E-state index contributed by atoms with van der Waals surface area (Å²) in [6, 6.07) is -2.09. The van der Waals surface area contributed by atoms with Gasteiger partial charge in [-0.2, -0.15) is 13.2 Å². The maximum absolute atomic E-state index is 14.8. The molecule has 0 bridgehead atoms. The quantitative estimate of drug-likeness (QED) is 0.463. The number of benzene rings is 1. The minimum atomic E-state index is -5.13. The van der Waals surface area contributed by atoms with Gasteiger partial charge in [0.1, 0.15) is 12.6 Å². The maximum atomic E-state index is 14.8. The van der Waals surface area contributed by atoms with Gasteiger partial charge in [-0.1, -0.05) is 12.1 Å². The zero-order chi connectivity index (χ0) is 37.6. The van der Waals surface area contributed by atoms with Crippen LogP contribution >= 0.6 is 0 Å². The van der Waals surface area contributed by atoms with Gasteiger partial charge in [-0.25, -0.2) is 23.4 Å². The highest BCUT2D eigenvalue weighted by molar-refractivity contribution is 5.87. The van der Waals surface area contributed by atoms with Crippen molar-refractivity contribution >= 4 is 23.1 Å². The minimum absolute atomic E-state index is 0.0102. The van der Waals surface area contributed by atoms with E-state index in [1.165, 1.54) is 18.3 Å². The number of rotatable bonds is 4. The molecule has 3 amide bonds. The van der Waals surface area contributed by atoms with Gasteiger partial charge in [-0.05, 0) is 49.3 Å². The van der Waals surface area contributed by atoms with Crippen LogP contribution in [0.1, 0.15) is 56.8 Å². The van der Waals surface area contributed by atoms with Crippen LogP contribution in [-0.4, -0.2) is 74.6 Å². The second-order valence-corrected chi connectivity index (χ2v) is 8.86. The number of urea groups is 1. The molecule has 0 saturated carbocycles. The van der Waals surface area contributed by atoms with Crippen LogP contribution in [0.4, 0.5) is 26.7 Å². The molecule has 40 heavy (non-hydrogen) atoms. The number of fused-ring (bicyclic) bond motifs is 1. The first-order chi connectivity index (χ1) is 22.8. The predicted molar refractivity (Wildman–Crippen MR) is 133 cm³/mol. The molecule has 0 radical (unpaired) electrons. The number of hydrogen-bond donors (Lipinski definition) is 2. The van der Waals surface area contributed by atoms with E-state index < -0.39 is 116 Å². The number of pyridine rings is 1. The molecule has 2 aliphatic rings. The Morgan fingerprint density at radius 2 is 1.88 bits per heavy atom. The molecule has 5 rings (SSSR count). The van der Waals surface area contributed by atoms with Gasteiger partial charge in [0.15, 0.2) is 17.3 Å². The fraction of sp³-hybridized carbons (Fsp3) is 0.462. The molecule has 2 aromatic heterocycles. The Morgan fingerprint density at radius 1 is 1.12 bits per heavy atom. The number of carbonyl (C=O) groups excluding carboxylic acids is 2. The van der Waals surface area contributed by atoms with Gasteiger partial charge in [0.25, 0.3) is 0 Å². The van der Waals surface area contributed by atoms with E-state index >= 15 is 0 Å². The lowest BCUT2D eigenvalue weighted by Crippen LogP contribution is -2.54. The number of H-pyrrole nitrogens is 1. The zero-order valence-electron chi connectivity index (χ0n) is 30.2. The number of piperidine rings is 1. The molecule has 0 aliphatic carbocycles. The number of aromatic amines is 1. The van der Waals surface area contributed by atoms with Crippen LogP contribution < -0.4 is 11.0 Å². The smallest absolute Gasteiger partial charge is 0.331 e. The van der Waals surface area contributed by atoms with Crippen molar-refractivity contribution in [3.05, 3.63) is 64.2 Å². The molecule has 214 valence electrons. The second kappa shape index (κ2) is 10.9. The molecule has 2 fully saturated rings. The van der Waals surface area contributed by atoms with Gasteiger partial charge in [0.05, 0.1) is 5.52 Å². The van der Waals surface area contributed by atoms with E-state index in [4.69, 9.17) is 13.7 Å². The van der Waals surface area contributed by atoms with E-state index in [1.807, 2.05) is 0 Å². The predicted octanol–water partition coefficient (Wildman–Crippen LogP) is 3.69. The summed E-state index contributed by atoms with van der Waals surface area (Å²) in [6.45, 7) is -11.0. The van der Waals surface area contributed by atoms with Crippen molar-refractivity contribution in [2.24, 2.45) is 0 Å². The van der Waals surface area contributed by atoms with E-state index in [9.17, 15) is 36.3 Å². The topological polar surface area (TPSA) is 103 Å². The third-order valence-electron chi connectivity index (χ3n) is 6.18. The van der Waals surface area contributed by atoms with Gasteiger partial charge < -0.3 is 15.1 Å². The van der Waals surface area contributed by atoms with Crippen LogP contribution in [0.3, 0.4) is 0 Å². The van der Waals surface area contributed by atoms with E-state index in [1.54, 1.807) is 5.32 Å². The zero-order valence-corrected chi connectivity index (χ0v) is 20.2.